The summed E-state index contributed by atoms with van der Waals surface area (Å²) in [6.07, 6.45) is -0.555. The lowest BCUT2D eigenvalue weighted by Crippen LogP contribution is -2.35. The van der Waals surface area contributed by atoms with E-state index in [1.165, 1.54) is 6.07 Å². The molecule has 2 aliphatic rings. The highest BCUT2D eigenvalue weighted by Gasteiger charge is 2.31. The minimum atomic E-state index is -4.39. The van der Waals surface area contributed by atoms with Crippen molar-refractivity contribution in [2.24, 2.45) is 0 Å². The van der Waals surface area contributed by atoms with E-state index in [9.17, 15) is 18.0 Å². The van der Waals surface area contributed by atoms with Crippen molar-refractivity contribution in [1.29, 1.82) is 0 Å². The lowest BCUT2D eigenvalue weighted by Gasteiger charge is -2.22. The molecule has 1 aliphatic carbocycles. The Hall–Kier alpha value is -2.58. The summed E-state index contributed by atoms with van der Waals surface area (Å²) in [5, 5.41) is 7.09. The van der Waals surface area contributed by atoms with Gasteiger partial charge in [-0.15, -0.1) is 0 Å². The van der Waals surface area contributed by atoms with Crippen LogP contribution in [-0.2, 0) is 6.18 Å². The van der Waals surface area contributed by atoms with Crippen LogP contribution in [0.15, 0.2) is 24.4 Å². The summed E-state index contributed by atoms with van der Waals surface area (Å²) >= 11 is 0. The molecule has 1 saturated carbocycles. The average molecular weight is 379 g/mol. The van der Waals surface area contributed by atoms with Crippen LogP contribution in [0.4, 0.5) is 19.0 Å². The second-order valence-corrected chi connectivity index (χ2v) is 7.02. The highest BCUT2D eigenvalue weighted by atomic mass is 19.4. The maximum atomic E-state index is 12.7. The number of nitrogens with zero attached hydrogens (tertiary/aromatic N) is 4. The molecule has 4 rings (SSSR count). The number of nitrogens with one attached hydrogen (secondary N) is 1. The van der Waals surface area contributed by atoms with Crippen molar-refractivity contribution in [3.63, 3.8) is 0 Å². The Morgan fingerprint density at radius 1 is 1.15 bits per heavy atom. The van der Waals surface area contributed by atoms with Gasteiger partial charge in [0, 0.05) is 44.0 Å². The summed E-state index contributed by atoms with van der Waals surface area (Å²) in [6, 6.07) is 4.26. The normalized spacial score (nSPS) is 18.5. The molecule has 2 aromatic heterocycles. The number of aromatic nitrogens is 3. The fourth-order valence-electron chi connectivity index (χ4n) is 3.30. The second-order valence-electron chi connectivity index (χ2n) is 7.02. The van der Waals surface area contributed by atoms with Gasteiger partial charge in [-0.2, -0.15) is 18.3 Å². The van der Waals surface area contributed by atoms with E-state index in [0.717, 1.165) is 30.8 Å². The van der Waals surface area contributed by atoms with Gasteiger partial charge in [-0.1, -0.05) is 0 Å². The highest BCUT2D eigenvalue weighted by Crippen LogP contribution is 2.39. The molecule has 2 aromatic rings. The topological polar surface area (TPSA) is 65.1 Å². The molecular weight excluding hydrogens is 359 g/mol. The summed E-state index contributed by atoms with van der Waals surface area (Å²) in [4.78, 5) is 20.3. The summed E-state index contributed by atoms with van der Waals surface area (Å²) in [6.45, 7) is 2.22. The minimum Gasteiger partial charge on any atom is -0.355 e. The highest BCUT2D eigenvalue weighted by molar-refractivity contribution is 5.92. The van der Waals surface area contributed by atoms with E-state index < -0.39 is 11.7 Å². The third-order valence-corrected chi connectivity index (χ3v) is 5.02. The zero-order chi connectivity index (χ0) is 19.0. The first-order valence-electron chi connectivity index (χ1n) is 9.04. The smallest absolute Gasteiger partial charge is 0.355 e. The Labute approximate surface area is 154 Å². The van der Waals surface area contributed by atoms with Gasteiger partial charge in [0.2, 0.25) is 0 Å². The molecule has 9 heteroatoms. The molecule has 3 heterocycles. The summed E-state index contributed by atoms with van der Waals surface area (Å²) < 4.78 is 38.0. The van der Waals surface area contributed by atoms with Crippen LogP contribution in [0.3, 0.4) is 0 Å². The number of hydrogen-bond acceptors (Lipinski definition) is 4. The van der Waals surface area contributed by atoms with Crippen LogP contribution in [0.1, 0.15) is 46.9 Å². The first-order chi connectivity index (χ1) is 12.9. The van der Waals surface area contributed by atoms with E-state index >= 15 is 0 Å². The Morgan fingerprint density at radius 3 is 2.63 bits per heavy atom. The number of carbonyl (C=O) groups is 1. The fraction of sp³-hybridized carbons (Fsp3) is 0.500. The number of pyridine rings is 1. The molecule has 0 unspecified atom stereocenters. The van der Waals surface area contributed by atoms with Crippen LogP contribution < -0.4 is 4.90 Å². The van der Waals surface area contributed by atoms with E-state index in [0.29, 0.717) is 50.0 Å². The van der Waals surface area contributed by atoms with Crippen LogP contribution in [0.25, 0.3) is 0 Å². The Morgan fingerprint density at radius 2 is 1.96 bits per heavy atom. The van der Waals surface area contributed by atoms with Gasteiger partial charge in [-0.25, -0.2) is 4.98 Å². The molecule has 1 saturated heterocycles. The third kappa shape index (κ3) is 3.91. The zero-order valence-corrected chi connectivity index (χ0v) is 14.7. The van der Waals surface area contributed by atoms with E-state index in [1.807, 2.05) is 11.0 Å². The van der Waals surface area contributed by atoms with Gasteiger partial charge in [0.05, 0.1) is 5.56 Å². The standard InChI is InChI=1S/C18H20F3N5O/c19-18(20,21)13-4-5-16(22-11-13)25-6-1-7-26(9-8-25)17(27)15-10-14(23-24-15)12-2-3-12/h4-5,10-12H,1-3,6-9H2,(H,23,24). The van der Waals surface area contributed by atoms with Crippen molar-refractivity contribution in [3.8, 4) is 0 Å². The number of amides is 1. The lowest BCUT2D eigenvalue weighted by atomic mass is 10.2. The monoisotopic (exact) mass is 379 g/mol. The van der Waals surface area contributed by atoms with Gasteiger partial charge in [0.1, 0.15) is 11.5 Å². The van der Waals surface area contributed by atoms with Crippen molar-refractivity contribution >= 4 is 11.7 Å². The van der Waals surface area contributed by atoms with Crippen molar-refractivity contribution < 1.29 is 18.0 Å². The molecule has 0 aromatic carbocycles. The molecule has 0 spiro atoms. The molecular formula is C18H20F3N5O. The number of carbonyl (C=O) groups excluding carboxylic acids is 1. The summed E-state index contributed by atoms with van der Waals surface area (Å²) in [5.41, 5.74) is 0.685. The van der Waals surface area contributed by atoms with Gasteiger partial charge in [0.25, 0.3) is 5.91 Å². The Kier molecular flexibility index (Phi) is 4.53. The quantitative estimate of drug-likeness (QED) is 0.890. The maximum absolute atomic E-state index is 12.7. The number of anilines is 1. The largest absolute Gasteiger partial charge is 0.417 e. The Balaban J connectivity index is 1.40. The molecule has 2 fully saturated rings. The van der Waals surface area contributed by atoms with E-state index in [4.69, 9.17) is 0 Å². The van der Waals surface area contributed by atoms with Crippen LogP contribution >= 0.6 is 0 Å². The number of halogens is 3. The first-order valence-corrected chi connectivity index (χ1v) is 9.04. The number of alkyl halides is 3. The number of aromatic amines is 1. The Bertz CT molecular complexity index is 813. The van der Waals surface area contributed by atoms with Crippen molar-refractivity contribution in [2.75, 3.05) is 31.1 Å². The molecule has 0 bridgehead atoms. The van der Waals surface area contributed by atoms with Crippen molar-refractivity contribution in [2.45, 2.75) is 31.4 Å². The molecule has 1 N–H and O–H groups in total. The van der Waals surface area contributed by atoms with E-state index in [-0.39, 0.29) is 5.91 Å². The van der Waals surface area contributed by atoms with Gasteiger partial charge in [-0.05, 0) is 37.5 Å². The zero-order valence-electron chi connectivity index (χ0n) is 14.7. The average Bonchev–Trinajstić information content (AvgIpc) is 3.43. The number of rotatable bonds is 3. The lowest BCUT2D eigenvalue weighted by molar-refractivity contribution is -0.137. The van der Waals surface area contributed by atoms with Crippen LogP contribution in [0, 0.1) is 0 Å². The van der Waals surface area contributed by atoms with Crippen molar-refractivity contribution in [3.05, 3.63) is 41.3 Å². The van der Waals surface area contributed by atoms with Crippen LogP contribution in [0.5, 0.6) is 0 Å². The predicted molar refractivity (Wildman–Crippen MR) is 92.5 cm³/mol. The van der Waals surface area contributed by atoms with Crippen LogP contribution in [0.2, 0.25) is 0 Å². The van der Waals surface area contributed by atoms with Gasteiger partial charge in [0.15, 0.2) is 0 Å². The van der Waals surface area contributed by atoms with Gasteiger partial charge >= 0.3 is 6.18 Å². The van der Waals surface area contributed by atoms with Crippen molar-refractivity contribution in [1.82, 2.24) is 20.1 Å². The molecule has 6 nitrogen and oxygen atoms in total. The number of hydrogen-bond donors (Lipinski definition) is 1. The summed E-state index contributed by atoms with van der Waals surface area (Å²) in [5.74, 6) is 0.887. The molecule has 1 aliphatic heterocycles. The minimum absolute atomic E-state index is 0.111. The predicted octanol–water partition coefficient (Wildman–Crippen LogP) is 3.05. The van der Waals surface area contributed by atoms with E-state index in [1.54, 1.807) is 4.90 Å². The van der Waals surface area contributed by atoms with E-state index in [2.05, 4.69) is 15.2 Å². The molecule has 0 atom stereocenters. The molecule has 1 amide bonds. The second kappa shape index (κ2) is 6.86. The molecule has 27 heavy (non-hydrogen) atoms. The third-order valence-electron chi connectivity index (χ3n) is 5.02. The maximum Gasteiger partial charge on any atom is 0.417 e. The number of H-pyrrole nitrogens is 1. The van der Waals surface area contributed by atoms with Gasteiger partial charge in [-0.3, -0.25) is 9.89 Å². The molecule has 144 valence electrons. The fourth-order valence-corrected chi connectivity index (χ4v) is 3.30. The van der Waals surface area contributed by atoms with Gasteiger partial charge < -0.3 is 9.80 Å². The van der Waals surface area contributed by atoms with Crippen LogP contribution in [-0.4, -0.2) is 52.2 Å². The first kappa shape index (κ1) is 17.8. The summed E-state index contributed by atoms with van der Waals surface area (Å²) in [7, 11) is 0. The SMILES string of the molecule is O=C(c1cc(C2CC2)[nH]n1)N1CCCN(c2ccc(C(F)(F)F)cn2)CC1. The molecule has 0 radical (unpaired) electrons.